The van der Waals surface area contributed by atoms with Gasteiger partial charge in [0.15, 0.2) is 5.13 Å². The number of rotatable bonds is 7. The van der Waals surface area contributed by atoms with Crippen molar-refractivity contribution in [3.05, 3.63) is 53.6 Å². The minimum absolute atomic E-state index is 0.0217. The summed E-state index contributed by atoms with van der Waals surface area (Å²) in [6.45, 7) is 1.06. The third-order valence-corrected chi connectivity index (χ3v) is 5.53. The molecule has 2 aromatic carbocycles. The van der Waals surface area contributed by atoms with Crippen molar-refractivity contribution in [3.63, 3.8) is 0 Å². The van der Waals surface area contributed by atoms with Gasteiger partial charge < -0.3 is 9.64 Å². The second kappa shape index (κ2) is 9.01. The molecule has 3 rings (SSSR count). The topological polar surface area (TPSA) is 45.7 Å². The molecule has 1 heterocycles. The van der Waals surface area contributed by atoms with Crippen LogP contribution in [0.1, 0.15) is 22.3 Å². The summed E-state index contributed by atoms with van der Waals surface area (Å²) in [7, 11) is 5.40. The van der Waals surface area contributed by atoms with Crippen molar-refractivity contribution < 1.29 is 22.7 Å². The van der Waals surface area contributed by atoms with Crippen LogP contribution >= 0.6 is 11.3 Å². The number of amides is 1. The lowest BCUT2D eigenvalue weighted by Gasteiger charge is -2.21. The first-order valence-corrected chi connectivity index (χ1v) is 10.1. The highest BCUT2D eigenvalue weighted by Gasteiger charge is 2.31. The molecule has 1 amide bonds. The fourth-order valence-corrected chi connectivity index (χ4v) is 3.97. The van der Waals surface area contributed by atoms with E-state index in [1.54, 1.807) is 19.2 Å². The monoisotopic (exact) mass is 437 g/mol. The second-order valence-electron chi connectivity index (χ2n) is 7.02. The molecular weight excluding hydrogens is 415 g/mol. The average Bonchev–Trinajstić information content (AvgIpc) is 3.12. The van der Waals surface area contributed by atoms with Crippen molar-refractivity contribution in [2.45, 2.75) is 12.6 Å². The average molecular weight is 437 g/mol. The van der Waals surface area contributed by atoms with Crippen molar-refractivity contribution in [1.82, 2.24) is 9.88 Å². The predicted molar refractivity (Wildman–Crippen MR) is 112 cm³/mol. The third kappa shape index (κ3) is 5.09. The number of carbonyl (C=O) groups excluding carboxylic acids is 1. The zero-order chi connectivity index (χ0) is 21.9. The standard InChI is InChI=1S/C21H22F3N3O2S/c1-26(2)10-5-11-27(19(28)14-6-4-7-15(12-14)21(22,23)24)20-25-17-9-8-16(29-3)13-18(17)30-20/h4,6-9,12-13H,5,10-11H2,1-3H3. The van der Waals surface area contributed by atoms with Crippen LogP contribution in [0.15, 0.2) is 42.5 Å². The Balaban J connectivity index is 1.97. The Labute approximate surface area is 176 Å². The number of nitrogens with zero attached hydrogens (tertiary/aromatic N) is 3. The van der Waals surface area contributed by atoms with Crippen LogP contribution in [0.2, 0.25) is 0 Å². The Morgan fingerprint density at radius 1 is 1.13 bits per heavy atom. The summed E-state index contributed by atoms with van der Waals surface area (Å²) in [6.07, 6.45) is -3.87. The van der Waals surface area contributed by atoms with E-state index < -0.39 is 17.6 Å². The van der Waals surface area contributed by atoms with Crippen LogP contribution in [-0.4, -0.2) is 50.1 Å². The Bertz CT molecular complexity index is 1030. The van der Waals surface area contributed by atoms with Crippen LogP contribution in [0.5, 0.6) is 5.75 Å². The fourth-order valence-electron chi connectivity index (χ4n) is 2.95. The first kappa shape index (κ1) is 22.0. The maximum atomic E-state index is 13.2. The number of carbonyl (C=O) groups is 1. The number of hydrogen-bond acceptors (Lipinski definition) is 5. The van der Waals surface area contributed by atoms with E-state index in [0.717, 1.165) is 23.4 Å². The molecule has 0 fully saturated rings. The SMILES string of the molecule is COc1ccc2nc(N(CCCN(C)C)C(=O)c3cccc(C(F)(F)F)c3)sc2c1. The minimum atomic E-state index is -4.52. The number of thiazole rings is 1. The van der Waals surface area contributed by atoms with Crippen molar-refractivity contribution in [1.29, 1.82) is 0 Å². The summed E-state index contributed by atoms with van der Waals surface area (Å²) in [5, 5.41) is 0.444. The Kier molecular flexibility index (Phi) is 6.62. The van der Waals surface area contributed by atoms with Crippen LogP contribution in [0.4, 0.5) is 18.3 Å². The number of aromatic nitrogens is 1. The van der Waals surface area contributed by atoms with E-state index in [9.17, 15) is 18.0 Å². The first-order valence-electron chi connectivity index (χ1n) is 9.27. The molecule has 0 unspecified atom stereocenters. The number of halogens is 3. The van der Waals surface area contributed by atoms with Crippen LogP contribution < -0.4 is 9.64 Å². The molecule has 30 heavy (non-hydrogen) atoms. The Hall–Kier alpha value is -2.65. The Morgan fingerprint density at radius 2 is 1.90 bits per heavy atom. The van der Waals surface area contributed by atoms with Crippen molar-refractivity contribution in [3.8, 4) is 5.75 Å². The van der Waals surface area contributed by atoms with Gasteiger partial charge in [-0.2, -0.15) is 13.2 Å². The molecule has 0 saturated heterocycles. The molecule has 0 radical (unpaired) electrons. The summed E-state index contributed by atoms with van der Waals surface area (Å²) < 4.78 is 45.4. The fraction of sp³-hybridized carbons (Fsp3) is 0.333. The molecular formula is C21H22F3N3O2S. The third-order valence-electron chi connectivity index (χ3n) is 4.48. The van der Waals surface area contributed by atoms with Gasteiger partial charge in [0.05, 0.1) is 22.9 Å². The number of hydrogen-bond donors (Lipinski definition) is 0. The molecule has 0 aliphatic heterocycles. The smallest absolute Gasteiger partial charge is 0.416 e. The Morgan fingerprint density at radius 3 is 2.57 bits per heavy atom. The highest BCUT2D eigenvalue weighted by atomic mass is 32.1. The lowest BCUT2D eigenvalue weighted by Crippen LogP contribution is -2.33. The van der Waals surface area contributed by atoms with E-state index in [2.05, 4.69) is 4.98 Å². The lowest BCUT2D eigenvalue weighted by molar-refractivity contribution is -0.137. The number of alkyl halides is 3. The van der Waals surface area contributed by atoms with E-state index in [1.165, 1.54) is 28.4 Å². The summed E-state index contributed by atoms with van der Waals surface area (Å²) in [5.41, 5.74) is -0.174. The molecule has 0 aliphatic carbocycles. The number of methoxy groups -OCH3 is 1. The second-order valence-corrected chi connectivity index (χ2v) is 8.03. The number of ether oxygens (including phenoxy) is 1. The molecule has 0 N–H and O–H groups in total. The lowest BCUT2D eigenvalue weighted by atomic mass is 10.1. The van der Waals surface area contributed by atoms with Crippen LogP contribution in [0, 0.1) is 0 Å². The van der Waals surface area contributed by atoms with E-state index >= 15 is 0 Å². The summed E-state index contributed by atoms with van der Waals surface area (Å²) >= 11 is 1.30. The van der Waals surface area contributed by atoms with Gasteiger partial charge >= 0.3 is 6.18 Å². The summed E-state index contributed by atoms with van der Waals surface area (Å²) in [6, 6.07) is 9.87. The van der Waals surface area contributed by atoms with Crippen LogP contribution in [-0.2, 0) is 6.18 Å². The highest BCUT2D eigenvalue weighted by Crippen LogP contribution is 2.33. The summed E-state index contributed by atoms with van der Waals surface area (Å²) in [4.78, 5) is 21.2. The molecule has 5 nitrogen and oxygen atoms in total. The van der Waals surface area contributed by atoms with Gasteiger partial charge in [-0.1, -0.05) is 17.4 Å². The zero-order valence-corrected chi connectivity index (χ0v) is 17.7. The molecule has 160 valence electrons. The van der Waals surface area contributed by atoms with Gasteiger partial charge in [0.1, 0.15) is 5.75 Å². The number of anilines is 1. The van der Waals surface area contributed by atoms with Crippen LogP contribution in [0.3, 0.4) is 0 Å². The summed E-state index contributed by atoms with van der Waals surface area (Å²) in [5.74, 6) is 0.159. The molecule has 0 saturated carbocycles. The van der Waals surface area contributed by atoms with Gasteiger partial charge in [0.2, 0.25) is 0 Å². The maximum Gasteiger partial charge on any atom is 0.416 e. The highest BCUT2D eigenvalue weighted by molar-refractivity contribution is 7.22. The van der Waals surface area contributed by atoms with Gasteiger partial charge in [-0.3, -0.25) is 9.69 Å². The van der Waals surface area contributed by atoms with Crippen molar-refractivity contribution in [2.24, 2.45) is 0 Å². The van der Waals surface area contributed by atoms with E-state index in [0.29, 0.717) is 29.4 Å². The number of fused-ring (bicyclic) bond motifs is 1. The van der Waals surface area contributed by atoms with Crippen LogP contribution in [0.25, 0.3) is 10.2 Å². The predicted octanol–water partition coefficient (Wildman–Crippen LogP) is 4.92. The molecule has 0 atom stereocenters. The van der Waals surface area contributed by atoms with Gasteiger partial charge in [-0.15, -0.1) is 0 Å². The first-order chi connectivity index (χ1) is 14.2. The molecule has 1 aromatic heterocycles. The minimum Gasteiger partial charge on any atom is -0.497 e. The van der Waals surface area contributed by atoms with E-state index in [4.69, 9.17) is 4.74 Å². The normalized spacial score (nSPS) is 11.8. The van der Waals surface area contributed by atoms with E-state index in [1.807, 2.05) is 25.1 Å². The van der Waals surface area contributed by atoms with E-state index in [-0.39, 0.29) is 5.56 Å². The van der Waals surface area contributed by atoms with Gasteiger partial charge in [0, 0.05) is 12.1 Å². The number of benzene rings is 2. The molecule has 0 bridgehead atoms. The molecule has 9 heteroatoms. The zero-order valence-electron chi connectivity index (χ0n) is 16.9. The van der Waals surface area contributed by atoms with Gasteiger partial charge in [-0.25, -0.2) is 4.98 Å². The molecule has 0 spiro atoms. The maximum absolute atomic E-state index is 13.2. The van der Waals surface area contributed by atoms with Gasteiger partial charge in [-0.05, 0) is 63.5 Å². The van der Waals surface area contributed by atoms with Crippen molar-refractivity contribution in [2.75, 3.05) is 39.2 Å². The largest absolute Gasteiger partial charge is 0.497 e. The van der Waals surface area contributed by atoms with Crippen molar-refractivity contribution >= 4 is 32.6 Å². The quantitative estimate of drug-likeness (QED) is 0.526. The molecule has 0 aliphatic rings. The molecule has 3 aromatic rings. The van der Waals surface area contributed by atoms with Gasteiger partial charge in [0.25, 0.3) is 5.91 Å².